The van der Waals surface area contributed by atoms with Crippen LogP contribution >= 0.6 is 24.8 Å². The van der Waals surface area contributed by atoms with Crippen molar-refractivity contribution in [2.45, 2.75) is 88.5 Å². The summed E-state index contributed by atoms with van der Waals surface area (Å²) in [6.45, 7) is 1.69. The molecule has 0 saturated heterocycles. The van der Waals surface area contributed by atoms with Gasteiger partial charge in [0.05, 0.1) is 23.4 Å². The molecule has 0 unspecified atom stereocenters. The van der Waals surface area contributed by atoms with Crippen molar-refractivity contribution < 1.29 is 29.6 Å². The number of phenols is 1. The van der Waals surface area contributed by atoms with Gasteiger partial charge in [0.1, 0.15) is 12.4 Å². The number of aromatic amines is 1. The molecule has 2 aliphatic carbocycles. The monoisotopic (exact) mass is 825 g/mol. The van der Waals surface area contributed by atoms with Crippen LogP contribution in [0.4, 0.5) is 10.5 Å². The molecule has 7 N–H and O–H groups in total. The quantitative estimate of drug-likeness (QED) is 0.0753. The Balaban J connectivity index is 0.00000360. The summed E-state index contributed by atoms with van der Waals surface area (Å²) in [5, 5.41) is 35.4. The number of ether oxygens (including phenoxy) is 1. The molecule has 1 heterocycles. The lowest BCUT2D eigenvalue weighted by Crippen LogP contribution is -2.44. The number of anilines is 1. The van der Waals surface area contributed by atoms with Gasteiger partial charge in [-0.05, 0) is 112 Å². The van der Waals surface area contributed by atoms with Gasteiger partial charge in [-0.2, -0.15) is 0 Å². The van der Waals surface area contributed by atoms with E-state index in [4.69, 9.17) is 10.5 Å². The summed E-state index contributed by atoms with van der Waals surface area (Å²) in [5.41, 5.74) is 10.4. The summed E-state index contributed by atoms with van der Waals surface area (Å²) in [6, 6.07) is 22.1. The van der Waals surface area contributed by atoms with E-state index in [0.717, 1.165) is 81.0 Å². The number of aliphatic hydroxyl groups excluding tert-OH is 1. The molecule has 12 nitrogen and oxygen atoms in total. The van der Waals surface area contributed by atoms with E-state index in [2.05, 4.69) is 16.4 Å². The minimum Gasteiger partial charge on any atom is -0.506 e. The lowest BCUT2D eigenvalue weighted by atomic mass is 9.87. The van der Waals surface area contributed by atoms with Gasteiger partial charge < -0.3 is 41.0 Å². The molecule has 2 saturated carbocycles. The number of hydrogen-bond acceptors (Lipinski definition) is 8. The number of aliphatic hydroxyl groups is 1. The number of amides is 2. The molecule has 0 spiro atoms. The topological polar surface area (TPSA) is 181 Å². The Morgan fingerprint density at radius 1 is 0.947 bits per heavy atom. The normalized spacial score (nSPS) is 19.8. The zero-order valence-electron chi connectivity index (χ0n) is 32.5. The molecular formula is C43H57Cl2N5O7. The molecule has 3 aromatic carbocycles. The lowest BCUT2D eigenvalue weighted by molar-refractivity contribution is -0.137. The van der Waals surface area contributed by atoms with Crippen molar-refractivity contribution in [3.05, 3.63) is 94.3 Å². The summed E-state index contributed by atoms with van der Waals surface area (Å²) in [6.07, 6.45) is 6.42. The van der Waals surface area contributed by atoms with Crippen LogP contribution in [-0.2, 0) is 16.0 Å². The number of carbonyl (C=O) groups excluding carboxylic acids is 1. The predicted octanol–water partition coefficient (Wildman–Crippen LogP) is 6.79. The summed E-state index contributed by atoms with van der Waals surface area (Å²) < 4.78 is 6.06. The van der Waals surface area contributed by atoms with Crippen LogP contribution in [-0.4, -0.2) is 88.7 Å². The second-order valence-electron chi connectivity index (χ2n) is 15.3. The molecule has 1 atom stereocenters. The number of aryl methyl sites for hydroxylation is 1. The van der Waals surface area contributed by atoms with Crippen molar-refractivity contribution in [1.82, 2.24) is 15.2 Å². The van der Waals surface area contributed by atoms with Crippen LogP contribution in [0, 0.1) is 5.92 Å². The van der Waals surface area contributed by atoms with Gasteiger partial charge >= 0.3 is 6.09 Å². The number of pyridine rings is 1. The molecular weight excluding hydrogens is 769 g/mol. The van der Waals surface area contributed by atoms with Crippen molar-refractivity contribution in [3.63, 3.8) is 0 Å². The van der Waals surface area contributed by atoms with Gasteiger partial charge in [0.15, 0.2) is 0 Å². The van der Waals surface area contributed by atoms with Crippen molar-refractivity contribution in [2.75, 3.05) is 38.2 Å². The average molecular weight is 827 g/mol. The van der Waals surface area contributed by atoms with Crippen molar-refractivity contribution in [2.24, 2.45) is 11.7 Å². The molecule has 0 bridgehead atoms. The smallest absolute Gasteiger partial charge is 0.412 e. The number of nitrogens with one attached hydrogen (secondary N) is 2. The van der Waals surface area contributed by atoms with Gasteiger partial charge in [-0.1, -0.05) is 48.5 Å². The molecule has 310 valence electrons. The maximum atomic E-state index is 13.0. The highest BCUT2D eigenvalue weighted by Crippen LogP contribution is 2.37. The first-order valence-corrected chi connectivity index (χ1v) is 19.6. The SMILES string of the molecule is CN(CCCc1ccc(-c2ccccc2)c(N(C(=O)O)C2CCC(N)CC2)c1)C(=O)COC1CCC(CNC[C@H](O)c2ccc(O)c3[nH]c(=O)ccc23)CC1.Cl.Cl. The summed E-state index contributed by atoms with van der Waals surface area (Å²) in [4.78, 5) is 43.3. The number of carboxylic acid groups (broad SMARTS) is 1. The number of aromatic nitrogens is 1. The Kier molecular flexibility index (Phi) is 17.2. The summed E-state index contributed by atoms with van der Waals surface area (Å²) in [5.74, 6) is 0.341. The highest BCUT2D eigenvalue weighted by atomic mass is 35.5. The highest BCUT2D eigenvalue weighted by molar-refractivity contribution is 5.94. The van der Waals surface area contributed by atoms with Gasteiger partial charge in [-0.15, -0.1) is 24.8 Å². The van der Waals surface area contributed by atoms with Crippen LogP contribution in [0.25, 0.3) is 22.0 Å². The molecule has 0 radical (unpaired) electrons. The van der Waals surface area contributed by atoms with Crippen molar-refractivity contribution in [3.8, 4) is 16.9 Å². The Labute approximate surface area is 346 Å². The van der Waals surface area contributed by atoms with E-state index in [9.17, 15) is 29.7 Å². The number of nitrogens with two attached hydrogens (primary N) is 1. The standard InChI is InChI=1S/C43H55N5O7.2ClH/c1-47(23-5-6-28-11-18-34(30-7-3-2-4-8-30)37(24-28)48(43(53)54)32-14-12-31(44)13-15-32)41(52)27-55-33-16-9-29(10-17-33)25-45-26-39(50)35-19-21-38(49)42-36(35)20-22-40(51)46-42;;/h2-4,7-8,11,18-22,24,29,31-33,39,45,49-50H,5-6,9-10,12-17,23,25-27,44H2,1H3,(H,46,51)(H,53,54);2*1H/t29?,31?,32?,33?,39-;;/m0../s1. The van der Waals surface area contributed by atoms with E-state index in [1.54, 1.807) is 29.0 Å². The minimum atomic E-state index is -0.956. The van der Waals surface area contributed by atoms with Crippen molar-refractivity contribution in [1.29, 1.82) is 0 Å². The van der Waals surface area contributed by atoms with Crippen LogP contribution in [0.5, 0.6) is 5.75 Å². The third kappa shape index (κ3) is 11.9. The van der Waals surface area contributed by atoms with Crippen LogP contribution in [0.3, 0.4) is 0 Å². The number of likely N-dealkylation sites (N-methyl/N-ethyl adjacent to an activating group) is 1. The zero-order valence-corrected chi connectivity index (χ0v) is 34.1. The Hall–Kier alpha value is -4.17. The Morgan fingerprint density at radius 2 is 1.67 bits per heavy atom. The van der Waals surface area contributed by atoms with Crippen LogP contribution in [0.1, 0.15) is 75.0 Å². The summed E-state index contributed by atoms with van der Waals surface area (Å²) in [7, 11) is 1.80. The first-order valence-electron chi connectivity index (χ1n) is 19.6. The number of hydrogen-bond donors (Lipinski definition) is 6. The van der Waals surface area contributed by atoms with E-state index in [1.807, 2.05) is 42.5 Å². The summed E-state index contributed by atoms with van der Waals surface area (Å²) >= 11 is 0. The molecule has 2 fully saturated rings. The maximum Gasteiger partial charge on any atom is 0.412 e. The molecule has 6 rings (SSSR count). The van der Waals surface area contributed by atoms with Crippen LogP contribution in [0.15, 0.2) is 77.6 Å². The second-order valence-corrected chi connectivity index (χ2v) is 15.3. The average Bonchev–Trinajstić information content (AvgIpc) is 3.19. The van der Waals surface area contributed by atoms with Gasteiger partial charge in [0, 0.05) is 49.2 Å². The van der Waals surface area contributed by atoms with E-state index in [-0.39, 0.29) is 66.8 Å². The fourth-order valence-corrected chi connectivity index (χ4v) is 8.14. The minimum absolute atomic E-state index is 0. The van der Waals surface area contributed by atoms with Gasteiger partial charge in [0.2, 0.25) is 11.5 Å². The first kappa shape index (κ1) is 45.5. The van der Waals surface area contributed by atoms with Crippen LogP contribution in [0.2, 0.25) is 0 Å². The third-order valence-electron chi connectivity index (χ3n) is 11.4. The second kappa shape index (κ2) is 21.5. The van der Waals surface area contributed by atoms with Gasteiger partial charge in [-0.3, -0.25) is 14.5 Å². The molecule has 14 heteroatoms. The van der Waals surface area contributed by atoms with Crippen LogP contribution < -0.4 is 21.5 Å². The molecule has 2 aliphatic rings. The number of phenolic OH excluding ortho intramolecular Hbond substituents is 1. The maximum absolute atomic E-state index is 13.0. The van der Waals surface area contributed by atoms with E-state index < -0.39 is 12.2 Å². The number of halogens is 2. The predicted molar refractivity (Wildman–Crippen MR) is 229 cm³/mol. The molecule has 2 amide bonds. The van der Waals surface area contributed by atoms with Crippen molar-refractivity contribution >= 4 is 53.4 Å². The zero-order chi connectivity index (χ0) is 38.9. The Bertz CT molecular complexity index is 1970. The van der Waals surface area contributed by atoms with Gasteiger partial charge in [-0.25, -0.2) is 4.79 Å². The first-order chi connectivity index (χ1) is 26.6. The number of rotatable bonds is 15. The third-order valence-corrected chi connectivity index (χ3v) is 11.4. The fraction of sp³-hybridized carbons (Fsp3) is 0.465. The number of carbonyl (C=O) groups is 2. The Morgan fingerprint density at radius 3 is 2.37 bits per heavy atom. The van der Waals surface area contributed by atoms with E-state index in [1.165, 1.54) is 12.1 Å². The van der Waals surface area contributed by atoms with E-state index >= 15 is 0 Å². The number of aromatic hydroxyl groups is 1. The molecule has 4 aromatic rings. The van der Waals surface area contributed by atoms with E-state index in [0.29, 0.717) is 47.6 Å². The highest BCUT2D eigenvalue weighted by Gasteiger charge is 2.31. The number of nitrogens with zero attached hydrogens (tertiary/aromatic N) is 2. The number of benzene rings is 3. The fourth-order valence-electron chi connectivity index (χ4n) is 8.14. The molecule has 57 heavy (non-hydrogen) atoms. The number of fused-ring (bicyclic) bond motifs is 1. The lowest BCUT2D eigenvalue weighted by Gasteiger charge is -2.35. The largest absolute Gasteiger partial charge is 0.506 e. The van der Waals surface area contributed by atoms with Gasteiger partial charge in [0.25, 0.3) is 0 Å². The number of H-pyrrole nitrogens is 1. The molecule has 0 aliphatic heterocycles. The molecule has 1 aromatic heterocycles.